The van der Waals surface area contributed by atoms with Crippen molar-refractivity contribution in [1.29, 1.82) is 0 Å². The number of carboxylic acid groups (broad SMARTS) is 1. The smallest absolute Gasteiger partial charge is 0.306 e. The Morgan fingerprint density at radius 3 is 2.24 bits per heavy atom. The number of carbonyl (C=O) groups excluding carboxylic acids is 2. The molecule has 0 aromatic carbocycles. The lowest BCUT2D eigenvalue weighted by Gasteiger charge is -2.73. The molecule has 0 aromatic heterocycles. The molecule has 5 aliphatic rings. The van der Waals surface area contributed by atoms with Crippen LogP contribution in [0.3, 0.4) is 0 Å². The molecule has 0 saturated heterocycles. The van der Waals surface area contributed by atoms with Crippen LogP contribution in [0.5, 0.6) is 0 Å². The molecule has 5 aliphatic carbocycles. The Balaban J connectivity index is 1.15. The van der Waals surface area contributed by atoms with Gasteiger partial charge in [0.05, 0.1) is 30.1 Å². The van der Waals surface area contributed by atoms with Gasteiger partial charge in [0, 0.05) is 13.0 Å². The fourth-order valence-electron chi connectivity index (χ4n) is 14.0. The lowest BCUT2D eigenvalue weighted by Crippen LogP contribution is -2.68. The van der Waals surface area contributed by atoms with Gasteiger partial charge in [-0.15, -0.1) is 0 Å². The van der Waals surface area contributed by atoms with Crippen molar-refractivity contribution in [3.05, 3.63) is 11.6 Å². The maximum absolute atomic E-state index is 14.5. The average molecular weight is 755 g/mol. The molecular formula is C46H78N2O6. The Kier molecular flexibility index (Phi) is 13.2. The topological polar surface area (TPSA) is 136 Å². The summed E-state index contributed by atoms with van der Waals surface area (Å²) < 4.78 is 0. The van der Waals surface area contributed by atoms with Gasteiger partial charge in [-0.2, -0.15) is 0 Å². The SMILES string of the molecule is CC1=CC[C@]2(C(=O)NCCCCCCCC(=O)N[C@@H](CC(C)C)[C@H](O)CC(=O)O)CC[C@]3(C)C(CC[C@@H]4[C@@]5(C)CC[C@H](O)C(C)(C)[C@@H]5CC[C@]43C)[C@H]2[C@@H]1C. The van der Waals surface area contributed by atoms with Gasteiger partial charge in [-0.1, -0.05) is 86.3 Å². The van der Waals surface area contributed by atoms with Crippen LogP contribution in [0.4, 0.5) is 0 Å². The van der Waals surface area contributed by atoms with Crippen molar-refractivity contribution in [3.8, 4) is 0 Å². The minimum absolute atomic E-state index is 0.0455. The van der Waals surface area contributed by atoms with Crippen LogP contribution in [-0.4, -0.2) is 57.9 Å². The zero-order valence-corrected chi connectivity index (χ0v) is 35.6. The van der Waals surface area contributed by atoms with Crippen molar-refractivity contribution >= 4 is 17.8 Å². The number of allylic oxidation sites excluding steroid dienone is 2. The van der Waals surface area contributed by atoms with E-state index in [0.717, 1.165) is 64.2 Å². The normalized spacial score (nSPS) is 39.5. The molecule has 1 unspecified atom stereocenters. The van der Waals surface area contributed by atoms with Crippen LogP contribution in [-0.2, 0) is 14.4 Å². The van der Waals surface area contributed by atoms with Gasteiger partial charge in [0.1, 0.15) is 0 Å². The summed E-state index contributed by atoms with van der Waals surface area (Å²) in [4.78, 5) is 38.2. The molecule has 308 valence electrons. The molecular weight excluding hydrogens is 677 g/mol. The van der Waals surface area contributed by atoms with Gasteiger partial charge in [-0.3, -0.25) is 14.4 Å². The minimum atomic E-state index is -1.10. The zero-order valence-electron chi connectivity index (χ0n) is 35.6. The van der Waals surface area contributed by atoms with E-state index in [9.17, 15) is 24.6 Å². The number of hydrogen-bond acceptors (Lipinski definition) is 5. The monoisotopic (exact) mass is 755 g/mol. The van der Waals surface area contributed by atoms with Crippen molar-refractivity contribution < 1.29 is 29.7 Å². The van der Waals surface area contributed by atoms with Gasteiger partial charge in [-0.05, 0) is 141 Å². The number of unbranched alkanes of at least 4 members (excludes halogenated alkanes) is 4. The summed E-state index contributed by atoms with van der Waals surface area (Å²) >= 11 is 0. The standard InChI is InChI=1S/C46H78N2O6/c1-29(2)27-33(34(49)28-39(52)53)48-38(51)15-13-11-10-12-14-26-47-41(54)46-23-18-30(3)31(4)40(46)32-16-17-36-43(7)21-20-37(50)42(5,6)35(43)19-22-45(36,9)44(32,8)24-25-46/h18,29,31-37,40,49-50H,10-17,19-28H2,1-9H3,(H,47,54)(H,48,51)(H,52,53)/t31-,32?,33+,34-,35+,36-,37+,40-,43+,44-,45-,46+/m1/s1. The number of fused-ring (bicyclic) bond motifs is 7. The van der Waals surface area contributed by atoms with E-state index in [1.165, 1.54) is 31.3 Å². The third-order valence-electron chi connectivity index (χ3n) is 17.4. The van der Waals surface area contributed by atoms with E-state index in [1.54, 1.807) is 0 Å². The van der Waals surface area contributed by atoms with E-state index in [4.69, 9.17) is 5.11 Å². The number of carboxylic acids is 1. The Labute approximate surface area is 327 Å². The Morgan fingerprint density at radius 1 is 0.870 bits per heavy atom. The van der Waals surface area contributed by atoms with Gasteiger partial charge < -0.3 is 26.0 Å². The first-order chi connectivity index (χ1) is 25.2. The Bertz CT molecular complexity index is 1390. The maximum atomic E-state index is 14.5. The molecule has 0 spiro atoms. The molecule has 54 heavy (non-hydrogen) atoms. The summed E-state index contributed by atoms with van der Waals surface area (Å²) in [7, 11) is 0. The maximum Gasteiger partial charge on any atom is 0.306 e. The van der Waals surface area contributed by atoms with Crippen molar-refractivity contribution in [2.75, 3.05) is 6.54 Å². The van der Waals surface area contributed by atoms with Crippen molar-refractivity contribution in [2.24, 2.45) is 62.6 Å². The highest BCUT2D eigenvalue weighted by Gasteiger charge is 2.71. The number of rotatable bonds is 15. The van der Waals surface area contributed by atoms with E-state index in [0.29, 0.717) is 49.0 Å². The quantitative estimate of drug-likeness (QED) is 0.0838. The second-order valence-corrected chi connectivity index (χ2v) is 20.9. The molecule has 4 fully saturated rings. The van der Waals surface area contributed by atoms with Crippen LogP contribution in [0.2, 0.25) is 0 Å². The van der Waals surface area contributed by atoms with E-state index in [1.807, 2.05) is 13.8 Å². The highest BCUT2D eigenvalue weighted by molar-refractivity contribution is 5.84. The Morgan fingerprint density at radius 2 is 1.56 bits per heavy atom. The van der Waals surface area contributed by atoms with Crippen molar-refractivity contribution in [2.45, 2.75) is 190 Å². The van der Waals surface area contributed by atoms with E-state index in [2.05, 4.69) is 65.2 Å². The molecule has 0 aromatic rings. The molecule has 5 rings (SSSR count). The van der Waals surface area contributed by atoms with Gasteiger partial charge >= 0.3 is 5.97 Å². The number of carbonyl (C=O) groups is 3. The van der Waals surface area contributed by atoms with E-state index < -0.39 is 18.1 Å². The lowest BCUT2D eigenvalue weighted by molar-refractivity contribution is -0.250. The third kappa shape index (κ3) is 7.83. The number of amides is 2. The highest BCUT2D eigenvalue weighted by atomic mass is 16.4. The molecule has 0 bridgehead atoms. The summed E-state index contributed by atoms with van der Waals surface area (Å²) in [6.07, 6.45) is 16.0. The summed E-state index contributed by atoms with van der Waals surface area (Å²) in [6, 6.07) is -0.553. The average Bonchev–Trinajstić information content (AvgIpc) is 3.08. The second kappa shape index (κ2) is 16.5. The second-order valence-electron chi connectivity index (χ2n) is 20.9. The summed E-state index contributed by atoms with van der Waals surface area (Å²) in [5.41, 5.74) is 1.74. The number of nitrogens with one attached hydrogen (secondary N) is 2. The number of aliphatic hydroxyl groups is 2. The fraction of sp³-hybridized carbons (Fsp3) is 0.891. The van der Waals surface area contributed by atoms with Crippen LogP contribution in [0, 0.1) is 62.6 Å². The molecule has 2 amide bonds. The van der Waals surface area contributed by atoms with E-state index in [-0.39, 0.29) is 57.3 Å². The molecule has 0 heterocycles. The number of aliphatic carboxylic acids is 1. The molecule has 12 atom stereocenters. The third-order valence-corrected chi connectivity index (χ3v) is 17.4. The van der Waals surface area contributed by atoms with Crippen LogP contribution >= 0.6 is 0 Å². The number of aliphatic hydroxyl groups excluding tert-OH is 2. The molecule has 8 nitrogen and oxygen atoms in total. The fourth-order valence-corrected chi connectivity index (χ4v) is 14.0. The summed E-state index contributed by atoms with van der Waals surface area (Å²) in [5, 5.41) is 36.8. The molecule has 8 heteroatoms. The van der Waals surface area contributed by atoms with Crippen molar-refractivity contribution in [3.63, 3.8) is 0 Å². The first kappa shape index (κ1) is 43.2. The van der Waals surface area contributed by atoms with Crippen LogP contribution in [0.1, 0.15) is 171 Å². The molecule has 0 radical (unpaired) electrons. The molecule has 5 N–H and O–H groups in total. The van der Waals surface area contributed by atoms with Gasteiger partial charge in [0.2, 0.25) is 11.8 Å². The van der Waals surface area contributed by atoms with Gasteiger partial charge in [0.25, 0.3) is 0 Å². The summed E-state index contributed by atoms with van der Waals surface area (Å²) in [6.45, 7) is 21.9. The minimum Gasteiger partial charge on any atom is -0.481 e. The largest absolute Gasteiger partial charge is 0.481 e. The van der Waals surface area contributed by atoms with Crippen molar-refractivity contribution in [1.82, 2.24) is 10.6 Å². The Hall–Kier alpha value is -1.93. The first-order valence-corrected chi connectivity index (χ1v) is 22.1. The first-order valence-electron chi connectivity index (χ1n) is 22.1. The lowest BCUT2D eigenvalue weighted by atomic mass is 9.31. The molecule has 4 saturated carbocycles. The zero-order chi connectivity index (χ0) is 39.9. The van der Waals surface area contributed by atoms with Crippen LogP contribution < -0.4 is 10.6 Å². The highest BCUT2D eigenvalue weighted by Crippen LogP contribution is 2.76. The van der Waals surface area contributed by atoms with Crippen LogP contribution in [0.15, 0.2) is 11.6 Å². The summed E-state index contributed by atoms with van der Waals surface area (Å²) in [5.74, 6) is 1.77. The number of hydrogen-bond donors (Lipinski definition) is 5. The van der Waals surface area contributed by atoms with Gasteiger partial charge in [0.15, 0.2) is 0 Å². The van der Waals surface area contributed by atoms with E-state index >= 15 is 0 Å². The molecule has 0 aliphatic heterocycles. The van der Waals surface area contributed by atoms with Gasteiger partial charge in [-0.25, -0.2) is 0 Å². The van der Waals surface area contributed by atoms with Crippen LogP contribution in [0.25, 0.3) is 0 Å². The predicted molar refractivity (Wildman–Crippen MR) is 215 cm³/mol. The predicted octanol–water partition coefficient (Wildman–Crippen LogP) is 8.83.